The third-order valence-electron chi connectivity index (χ3n) is 4.25. The maximum Gasteiger partial charge on any atom is 0.232 e. The van der Waals surface area contributed by atoms with Gasteiger partial charge in [0.2, 0.25) is 10.0 Å². The van der Waals surface area contributed by atoms with Gasteiger partial charge < -0.3 is 5.11 Å². The average Bonchev–Trinajstić information content (AvgIpc) is 2.52. The van der Waals surface area contributed by atoms with E-state index in [9.17, 15) is 13.5 Å². The summed E-state index contributed by atoms with van der Waals surface area (Å²) in [6.45, 7) is 4.00. The molecule has 0 heterocycles. The molecule has 1 rings (SSSR count). The molecule has 0 bridgehead atoms. The number of hydrogen-bond acceptors (Lipinski definition) is 3. The van der Waals surface area contributed by atoms with E-state index >= 15 is 0 Å². The first-order chi connectivity index (χ1) is 11.4. The highest BCUT2D eigenvalue weighted by molar-refractivity contribution is 7.92. The number of benzene rings is 1. The molecule has 0 fully saturated rings. The van der Waals surface area contributed by atoms with E-state index in [-0.39, 0.29) is 11.5 Å². The maximum absolute atomic E-state index is 12.0. The Morgan fingerprint density at radius 1 is 0.917 bits per heavy atom. The molecule has 0 unspecified atom stereocenters. The smallest absolute Gasteiger partial charge is 0.232 e. The Bertz CT molecular complexity index is 570. The highest BCUT2D eigenvalue weighted by Gasteiger charge is 2.10. The first-order valence-corrected chi connectivity index (χ1v) is 10.9. The van der Waals surface area contributed by atoms with Crippen molar-refractivity contribution in [3.8, 4) is 5.75 Å². The number of phenols is 1. The predicted octanol–water partition coefficient (Wildman–Crippen LogP) is 5.36. The molecular weight excluding hydrogens is 322 g/mol. The SMILES string of the molecule is CCCCCCCCCCCCS(=O)(=O)Nc1ccc(C)c(O)c1. The number of rotatable bonds is 13. The van der Waals surface area contributed by atoms with Crippen molar-refractivity contribution in [2.45, 2.75) is 78.1 Å². The fourth-order valence-corrected chi connectivity index (χ4v) is 3.86. The van der Waals surface area contributed by atoms with Gasteiger partial charge in [0, 0.05) is 6.07 Å². The zero-order valence-electron chi connectivity index (χ0n) is 15.2. The van der Waals surface area contributed by atoms with E-state index in [1.807, 2.05) is 0 Å². The van der Waals surface area contributed by atoms with Crippen molar-refractivity contribution in [2.24, 2.45) is 0 Å². The largest absolute Gasteiger partial charge is 0.508 e. The van der Waals surface area contributed by atoms with Crippen LogP contribution in [-0.4, -0.2) is 19.3 Å². The Hall–Kier alpha value is -1.23. The maximum atomic E-state index is 12.0. The molecular formula is C19H33NO3S. The summed E-state index contributed by atoms with van der Waals surface area (Å²) in [4.78, 5) is 0. The van der Waals surface area contributed by atoms with E-state index in [1.54, 1.807) is 19.1 Å². The van der Waals surface area contributed by atoms with Gasteiger partial charge in [0.1, 0.15) is 5.75 Å². The molecule has 0 spiro atoms. The summed E-state index contributed by atoms with van der Waals surface area (Å²) in [6, 6.07) is 4.82. The quantitative estimate of drug-likeness (QED) is 0.468. The van der Waals surface area contributed by atoms with Crippen LogP contribution < -0.4 is 4.72 Å². The molecule has 138 valence electrons. The first kappa shape index (κ1) is 20.8. The lowest BCUT2D eigenvalue weighted by Crippen LogP contribution is -2.16. The molecule has 4 nitrogen and oxygen atoms in total. The molecule has 24 heavy (non-hydrogen) atoms. The van der Waals surface area contributed by atoms with Gasteiger partial charge in [0.25, 0.3) is 0 Å². The molecule has 1 aromatic carbocycles. The molecule has 2 N–H and O–H groups in total. The number of sulfonamides is 1. The molecule has 1 aromatic rings. The van der Waals surface area contributed by atoms with Crippen LogP contribution in [0, 0.1) is 6.92 Å². The summed E-state index contributed by atoms with van der Waals surface area (Å²) in [5, 5.41) is 9.63. The lowest BCUT2D eigenvalue weighted by Gasteiger charge is -2.09. The number of phenolic OH excluding ortho intramolecular Hbond substituents is 1. The van der Waals surface area contributed by atoms with Crippen molar-refractivity contribution in [3.63, 3.8) is 0 Å². The Kier molecular flexibility index (Phi) is 9.84. The van der Waals surface area contributed by atoms with Gasteiger partial charge >= 0.3 is 0 Å². The van der Waals surface area contributed by atoms with Crippen LogP contribution >= 0.6 is 0 Å². The molecule has 0 amide bonds. The van der Waals surface area contributed by atoms with Crippen molar-refractivity contribution >= 4 is 15.7 Å². The minimum Gasteiger partial charge on any atom is -0.508 e. The predicted molar refractivity (Wildman–Crippen MR) is 102 cm³/mol. The number of nitrogens with one attached hydrogen (secondary N) is 1. The standard InChI is InChI=1S/C19H33NO3S/c1-3-4-5-6-7-8-9-10-11-12-15-24(22,23)20-18-14-13-17(2)19(21)16-18/h13-14,16,20-21H,3-12,15H2,1-2H3. The summed E-state index contributed by atoms with van der Waals surface area (Å²) >= 11 is 0. The highest BCUT2D eigenvalue weighted by Crippen LogP contribution is 2.22. The number of anilines is 1. The zero-order valence-corrected chi connectivity index (χ0v) is 16.0. The van der Waals surface area contributed by atoms with E-state index in [0.29, 0.717) is 12.1 Å². The van der Waals surface area contributed by atoms with Gasteiger partial charge in [-0.15, -0.1) is 0 Å². The van der Waals surface area contributed by atoms with E-state index < -0.39 is 10.0 Å². The molecule has 0 aromatic heterocycles. The monoisotopic (exact) mass is 355 g/mol. The Labute approximate surface area is 147 Å². The molecule has 0 aliphatic rings. The Morgan fingerprint density at radius 2 is 1.46 bits per heavy atom. The van der Waals surface area contributed by atoms with Crippen LogP contribution in [0.3, 0.4) is 0 Å². The van der Waals surface area contributed by atoms with Crippen LogP contribution in [0.4, 0.5) is 5.69 Å². The van der Waals surface area contributed by atoms with Crippen LogP contribution in [0.1, 0.15) is 76.7 Å². The summed E-state index contributed by atoms with van der Waals surface area (Å²) in [7, 11) is -3.33. The van der Waals surface area contributed by atoms with Crippen molar-refractivity contribution in [3.05, 3.63) is 23.8 Å². The Morgan fingerprint density at radius 3 is 2.00 bits per heavy atom. The summed E-state index contributed by atoms with van der Waals surface area (Å²) in [6.07, 6.45) is 11.8. The van der Waals surface area contributed by atoms with Gasteiger partial charge in [-0.25, -0.2) is 8.42 Å². The molecule has 0 saturated carbocycles. The second-order valence-corrected chi connectivity index (χ2v) is 8.45. The third kappa shape index (κ3) is 9.16. The first-order valence-electron chi connectivity index (χ1n) is 9.24. The van der Waals surface area contributed by atoms with Gasteiger partial charge in [-0.3, -0.25) is 4.72 Å². The number of aromatic hydroxyl groups is 1. The van der Waals surface area contributed by atoms with Gasteiger partial charge in [0.15, 0.2) is 0 Å². The second-order valence-electron chi connectivity index (χ2n) is 6.60. The molecule has 0 radical (unpaired) electrons. The van der Waals surface area contributed by atoms with Gasteiger partial charge in [-0.1, -0.05) is 70.8 Å². The minimum atomic E-state index is -3.33. The lowest BCUT2D eigenvalue weighted by molar-refractivity contribution is 0.471. The Balaban J connectivity index is 2.14. The van der Waals surface area contributed by atoms with Crippen LogP contribution in [0.25, 0.3) is 0 Å². The normalized spacial score (nSPS) is 11.6. The van der Waals surface area contributed by atoms with Crippen LogP contribution in [0.5, 0.6) is 5.75 Å². The summed E-state index contributed by atoms with van der Waals surface area (Å²) in [5.74, 6) is 0.243. The van der Waals surface area contributed by atoms with Gasteiger partial charge in [-0.05, 0) is 25.0 Å². The van der Waals surface area contributed by atoms with E-state index in [0.717, 1.165) is 18.4 Å². The van der Waals surface area contributed by atoms with Crippen LogP contribution in [0.2, 0.25) is 0 Å². The van der Waals surface area contributed by atoms with Crippen LogP contribution in [-0.2, 0) is 10.0 Å². The van der Waals surface area contributed by atoms with Crippen molar-refractivity contribution < 1.29 is 13.5 Å². The van der Waals surface area contributed by atoms with E-state index in [2.05, 4.69) is 11.6 Å². The van der Waals surface area contributed by atoms with E-state index in [4.69, 9.17) is 0 Å². The second kappa shape index (κ2) is 11.3. The van der Waals surface area contributed by atoms with E-state index in [1.165, 1.54) is 51.0 Å². The zero-order chi connectivity index (χ0) is 17.8. The molecule has 0 saturated heterocycles. The lowest BCUT2D eigenvalue weighted by atomic mass is 10.1. The molecule has 0 atom stereocenters. The summed E-state index contributed by atoms with van der Waals surface area (Å²) < 4.78 is 26.6. The fraction of sp³-hybridized carbons (Fsp3) is 0.684. The molecule has 0 aliphatic carbocycles. The number of aryl methyl sites for hydroxylation is 1. The van der Waals surface area contributed by atoms with Crippen LogP contribution in [0.15, 0.2) is 18.2 Å². The van der Waals surface area contributed by atoms with Crippen molar-refractivity contribution in [1.29, 1.82) is 0 Å². The third-order valence-corrected chi connectivity index (χ3v) is 5.62. The average molecular weight is 356 g/mol. The van der Waals surface area contributed by atoms with Crippen molar-refractivity contribution in [1.82, 2.24) is 0 Å². The van der Waals surface area contributed by atoms with Crippen molar-refractivity contribution in [2.75, 3.05) is 10.5 Å². The molecule has 5 heteroatoms. The fourth-order valence-electron chi connectivity index (χ4n) is 2.68. The molecule has 0 aliphatic heterocycles. The minimum absolute atomic E-state index is 0.106. The summed E-state index contributed by atoms with van der Waals surface area (Å²) in [5.41, 5.74) is 1.15. The van der Waals surface area contributed by atoms with Gasteiger partial charge in [-0.2, -0.15) is 0 Å². The topological polar surface area (TPSA) is 66.4 Å². The number of hydrogen-bond donors (Lipinski definition) is 2. The highest BCUT2D eigenvalue weighted by atomic mass is 32.2. The van der Waals surface area contributed by atoms with Gasteiger partial charge in [0.05, 0.1) is 11.4 Å². The number of unbranched alkanes of at least 4 members (excludes halogenated alkanes) is 9.